The smallest absolute Gasteiger partial charge is 0.326 e. The van der Waals surface area contributed by atoms with Gasteiger partial charge in [0.25, 0.3) is 0 Å². The number of nitrogens with two attached hydrogens (primary N) is 2. The van der Waals surface area contributed by atoms with Crippen molar-refractivity contribution in [1.29, 1.82) is 0 Å². The first kappa shape index (κ1) is 32.2. The first-order valence-corrected chi connectivity index (χ1v) is 10.8. The number of esters is 1. The molecule has 0 spiro atoms. The van der Waals surface area contributed by atoms with E-state index in [2.05, 4.69) is 10.1 Å². The number of carboxylic acids is 2. The van der Waals surface area contributed by atoms with Crippen LogP contribution in [0.2, 0.25) is 0 Å². The van der Waals surface area contributed by atoms with E-state index >= 15 is 0 Å². The third-order valence-electron chi connectivity index (χ3n) is 4.26. The van der Waals surface area contributed by atoms with Crippen molar-refractivity contribution in [3.63, 3.8) is 0 Å². The molecule has 10 nitrogen and oxygen atoms in total. The SMILES string of the molecule is CC(C)C[C@H](N)C(=O)O.CCCC[C@H](NC=O)C(=O)O.COC(=O)[C@@H](N)Cc1ccccc1. The van der Waals surface area contributed by atoms with Gasteiger partial charge in [0.15, 0.2) is 0 Å². The summed E-state index contributed by atoms with van der Waals surface area (Å²) in [6.07, 6.45) is 3.75. The molecule has 0 saturated heterocycles. The normalized spacial score (nSPS) is 12.6. The predicted octanol–water partition coefficient (Wildman–Crippen LogP) is 1.55. The zero-order valence-electron chi connectivity index (χ0n) is 19.9. The van der Waals surface area contributed by atoms with Gasteiger partial charge in [-0.25, -0.2) is 4.79 Å². The van der Waals surface area contributed by atoms with Crippen LogP contribution in [0.15, 0.2) is 30.3 Å². The number of amides is 1. The number of benzene rings is 1. The zero-order valence-corrected chi connectivity index (χ0v) is 19.9. The fourth-order valence-corrected chi connectivity index (χ4v) is 2.48. The number of methoxy groups -OCH3 is 1. The molecule has 0 aliphatic rings. The summed E-state index contributed by atoms with van der Waals surface area (Å²) in [5, 5.41) is 19.1. The van der Waals surface area contributed by atoms with Crippen LogP contribution in [0.5, 0.6) is 0 Å². The molecule has 0 aliphatic heterocycles. The number of aliphatic carboxylic acids is 2. The number of nitrogens with one attached hydrogen (secondary N) is 1. The number of ether oxygens (including phenoxy) is 1. The molecule has 1 amide bonds. The minimum atomic E-state index is -0.967. The average Bonchev–Trinajstić information content (AvgIpc) is 2.76. The van der Waals surface area contributed by atoms with Crippen LogP contribution in [-0.2, 0) is 30.3 Å². The number of carboxylic acid groups (broad SMARTS) is 2. The van der Waals surface area contributed by atoms with Crippen LogP contribution in [0.25, 0.3) is 0 Å². The molecular weight excluding hydrogens is 430 g/mol. The Morgan fingerprint density at radius 3 is 2.00 bits per heavy atom. The monoisotopic (exact) mass is 469 g/mol. The zero-order chi connectivity index (χ0) is 25.8. The molecule has 1 aromatic rings. The lowest BCUT2D eigenvalue weighted by Gasteiger charge is -2.08. The number of hydrogen-bond acceptors (Lipinski definition) is 7. The van der Waals surface area contributed by atoms with Crippen molar-refractivity contribution in [3.05, 3.63) is 35.9 Å². The lowest BCUT2D eigenvalue weighted by molar-refractivity contribution is -0.142. The topological polar surface area (TPSA) is 182 Å². The van der Waals surface area contributed by atoms with Gasteiger partial charge in [-0.1, -0.05) is 63.9 Å². The fraction of sp³-hybridized carbons (Fsp3) is 0.565. The highest BCUT2D eigenvalue weighted by atomic mass is 16.5. The first-order valence-electron chi connectivity index (χ1n) is 10.8. The van der Waals surface area contributed by atoms with E-state index in [-0.39, 0.29) is 5.97 Å². The molecule has 0 unspecified atom stereocenters. The van der Waals surface area contributed by atoms with Gasteiger partial charge in [0, 0.05) is 0 Å². The van der Waals surface area contributed by atoms with Crippen molar-refractivity contribution >= 4 is 24.3 Å². The average molecular weight is 470 g/mol. The Kier molecular flexibility index (Phi) is 19.2. The van der Waals surface area contributed by atoms with E-state index in [1.807, 2.05) is 51.1 Å². The maximum absolute atomic E-state index is 11.0. The van der Waals surface area contributed by atoms with Crippen molar-refractivity contribution in [2.75, 3.05) is 7.11 Å². The van der Waals surface area contributed by atoms with Crippen molar-refractivity contribution in [2.45, 2.75) is 71.0 Å². The van der Waals surface area contributed by atoms with Gasteiger partial charge in [-0.3, -0.25) is 14.4 Å². The predicted molar refractivity (Wildman–Crippen MR) is 125 cm³/mol. The number of unbranched alkanes of at least 4 members (excludes halogenated alkanes) is 1. The summed E-state index contributed by atoms with van der Waals surface area (Å²) < 4.78 is 4.52. The second-order valence-corrected chi connectivity index (χ2v) is 7.71. The summed E-state index contributed by atoms with van der Waals surface area (Å²) in [6.45, 7) is 5.87. The van der Waals surface area contributed by atoms with Crippen molar-refractivity contribution in [3.8, 4) is 0 Å². The van der Waals surface area contributed by atoms with E-state index in [1.165, 1.54) is 7.11 Å². The van der Waals surface area contributed by atoms with Crippen LogP contribution in [0.3, 0.4) is 0 Å². The molecular formula is C23H39N3O7. The van der Waals surface area contributed by atoms with Gasteiger partial charge in [0.1, 0.15) is 18.1 Å². The Balaban J connectivity index is 0. The van der Waals surface area contributed by atoms with E-state index in [9.17, 15) is 19.2 Å². The lowest BCUT2D eigenvalue weighted by Crippen LogP contribution is -2.35. The Morgan fingerprint density at radius 1 is 1.06 bits per heavy atom. The Bertz CT molecular complexity index is 684. The maximum Gasteiger partial charge on any atom is 0.326 e. The molecule has 0 radical (unpaired) electrons. The molecule has 0 aliphatic carbocycles. The van der Waals surface area contributed by atoms with E-state index < -0.39 is 30.1 Å². The molecule has 3 atom stereocenters. The van der Waals surface area contributed by atoms with Crippen LogP contribution in [-0.4, -0.2) is 59.8 Å². The van der Waals surface area contributed by atoms with Crippen LogP contribution >= 0.6 is 0 Å². The maximum atomic E-state index is 11.0. The van der Waals surface area contributed by atoms with Gasteiger partial charge in [-0.15, -0.1) is 0 Å². The first-order chi connectivity index (χ1) is 15.5. The molecule has 10 heteroatoms. The van der Waals surface area contributed by atoms with Crippen molar-refractivity contribution in [2.24, 2.45) is 17.4 Å². The summed E-state index contributed by atoms with van der Waals surface area (Å²) in [5.74, 6) is -1.89. The third kappa shape index (κ3) is 18.3. The van der Waals surface area contributed by atoms with Gasteiger partial charge in [-0.05, 0) is 30.7 Å². The molecule has 1 rings (SSSR count). The highest BCUT2D eigenvalue weighted by Crippen LogP contribution is 2.03. The molecule has 0 fully saturated rings. The van der Waals surface area contributed by atoms with Gasteiger partial charge < -0.3 is 31.7 Å². The quantitative estimate of drug-likeness (QED) is 0.224. The minimum Gasteiger partial charge on any atom is -0.480 e. The van der Waals surface area contributed by atoms with Gasteiger partial charge in [-0.2, -0.15) is 0 Å². The van der Waals surface area contributed by atoms with E-state index in [1.54, 1.807) is 0 Å². The van der Waals surface area contributed by atoms with Gasteiger partial charge in [0.2, 0.25) is 6.41 Å². The molecule has 0 heterocycles. The van der Waals surface area contributed by atoms with E-state index in [4.69, 9.17) is 21.7 Å². The summed E-state index contributed by atoms with van der Waals surface area (Å²) in [7, 11) is 1.34. The summed E-state index contributed by atoms with van der Waals surface area (Å²) in [4.78, 5) is 41.4. The summed E-state index contributed by atoms with van der Waals surface area (Å²) >= 11 is 0. The van der Waals surface area contributed by atoms with Gasteiger partial charge in [0.05, 0.1) is 7.11 Å². The Hall–Kier alpha value is -2.98. The van der Waals surface area contributed by atoms with E-state index in [0.717, 1.165) is 18.4 Å². The molecule has 7 N–H and O–H groups in total. The lowest BCUT2D eigenvalue weighted by atomic mass is 10.1. The van der Waals surface area contributed by atoms with Crippen molar-refractivity contribution in [1.82, 2.24) is 5.32 Å². The molecule has 0 bridgehead atoms. The standard InChI is InChI=1S/C10H13NO2.C7H13NO3.C6H13NO2/c1-13-10(12)9(11)7-8-5-3-2-4-6-8;1-2-3-4-6(7(10)11)8-5-9;1-4(2)3-5(7)6(8)9/h2-6,9H,7,11H2,1H3;5-6H,2-4H2,1H3,(H,8,9)(H,10,11);4-5H,3,7H2,1-2H3,(H,8,9)/t9-;6-;5-/m000/s1. The molecule has 1 aromatic carbocycles. The third-order valence-corrected chi connectivity index (χ3v) is 4.26. The minimum absolute atomic E-state index is 0.357. The molecule has 188 valence electrons. The molecule has 0 aromatic heterocycles. The van der Waals surface area contributed by atoms with Crippen LogP contribution in [0.4, 0.5) is 0 Å². The molecule has 33 heavy (non-hydrogen) atoms. The summed E-state index contributed by atoms with van der Waals surface area (Å²) in [5.41, 5.74) is 11.8. The second kappa shape index (κ2) is 19.7. The van der Waals surface area contributed by atoms with Crippen molar-refractivity contribution < 1.29 is 34.1 Å². The second-order valence-electron chi connectivity index (χ2n) is 7.71. The van der Waals surface area contributed by atoms with Crippen LogP contribution < -0.4 is 16.8 Å². The fourth-order valence-electron chi connectivity index (χ4n) is 2.48. The summed E-state index contributed by atoms with van der Waals surface area (Å²) in [6, 6.07) is 7.65. The van der Waals surface area contributed by atoms with Crippen LogP contribution in [0.1, 0.15) is 52.0 Å². The van der Waals surface area contributed by atoms with Crippen LogP contribution in [0, 0.1) is 5.92 Å². The number of carbonyl (C=O) groups excluding carboxylic acids is 2. The Morgan fingerprint density at radius 2 is 1.64 bits per heavy atom. The highest BCUT2D eigenvalue weighted by Gasteiger charge is 2.14. The highest BCUT2D eigenvalue weighted by molar-refractivity contribution is 5.76. The molecule has 0 saturated carbocycles. The largest absolute Gasteiger partial charge is 0.480 e. The van der Waals surface area contributed by atoms with Gasteiger partial charge >= 0.3 is 17.9 Å². The number of hydrogen-bond donors (Lipinski definition) is 5. The number of carbonyl (C=O) groups is 4. The Labute approximate surface area is 195 Å². The van der Waals surface area contributed by atoms with E-state index in [0.29, 0.717) is 31.6 Å². The number of rotatable bonds is 12.